The van der Waals surface area contributed by atoms with Crippen LogP contribution in [0.15, 0.2) is 78.3 Å². The second-order valence-corrected chi connectivity index (χ2v) is 6.20. The number of para-hydroxylation sites is 1. The van der Waals surface area contributed by atoms with Crippen LogP contribution in [0.2, 0.25) is 0 Å². The zero-order valence-corrected chi connectivity index (χ0v) is 15.4. The molecule has 0 fully saturated rings. The van der Waals surface area contributed by atoms with Gasteiger partial charge in [-0.15, -0.1) is 0 Å². The van der Waals surface area contributed by atoms with E-state index in [4.69, 9.17) is 0 Å². The van der Waals surface area contributed by atoms with Crippen LogP contribution in [0.1, 0.15) is 17.0 Å². The quantitative estimate of drug-likeness (QED) is 0.445. The normalized spacial score (nSPS) is 12.6. The Balaban J connectivity index is 1.60. The first kappa shape index (κ1) is 18.7. The van der Waals surface area contributed by atoms with Crippen LogP contribution in [0.25, 0.3) is 5.69 Å². The Morgan fingerprint density at radius 1 is 1.11 bits per heavy atom. The molecular weight excluding hydrogens is 338 g/mol. The second kappa shape index (κ2) is 9.54. The maximum absolute atomic E-state index is 9.71. The summed E-state index contributed by atoms with van der Waals surface area (Å²) in [4.78, 5) is 8.41. The summed E-state index contributed by atoms with van der Waals surface area (Å²) in [5, 5.41) is 16.4. The van der Waals surface area contributed by atoms with Crippen LogP contribution in [0.3, 0.4) is 0 Å². The van der Waals surface area contributed by atoms with Crippen LogP contribution in [0, 0.1) is 0 Å². The van der Waals surface area contributed by atoms with Crippen LogP contribution in [0.4, 0.5) is 0 Å². The molecule has 6 heteroatoms. The molecular formula is C21H25N5O. The van der Waals surface area contributed by atoms with E-state index in [0.717, 1.165) is 16.8 Å². The number of aliphatic hydroxyl groups excluding tert-OH is 1. The van der Waals surface area contributed by atoms with E-state index in [1.807, 2.05) is 53.2 Å². The lowest BCUT2D eigenvalue weighted by Gasteiger charge is -2.18. The van der Waals surface area contributed by atoms with Gasteiger partial charge in [0.25, 0.3) is 0 Å². The van der Waals surface area contributed by atoms with Gasteiger partial charge in [-0.1, -0.05) is 48.5 Å². The van der Waals surface area contributed by atoms with Crippen molar-refractivity contribution in [2.24, 2.45) is 4.99 Å². The largest absolute Gasteiger partial charge is 0.396 e. The summed E-state index contributed by atoms with van der Waals surface area (Å²) in [6.45, 7) is 1.31. The first-order chi connectivity index (χ1) is 13.3. The SMILES string of the molecule is CN=C(NCc1ccccc1-n1ccnc1)NCC(CO)c1ccccc1. The van der Waals surface area contributed by atoms with E-state index in [1.54, 1.807) is 19.6 Å². The van der Waals surface area contributed by atoms with Crippen molar-refractivity contribution in [3.8, 4) is 5.69 Å². The van der Waals surface area contributed by atoms with Gasteiger partial charge in [-0.25, -0.2) is 4.98 Å². The molecule has 3 aromatic rings. The Morgan fingerprint density at radius 2 is 1.89 bits per heavy atom. The summed E-state index contributed by atoms with van der Waals surface area (Å²) in [6.07, 6.45) is 5.48. The van der Waals surface area contributed by atoms with Crippen LogP contribution < -0.4 is 10.6 Å². The van der Waals surface area contributed by atoms with E-state index in [0.29, 0.717) is 19.0 Å². The van der Waals surface area contributed by atoms with E-state index in [1.165, 1.54) is 0 Å². The molecule has 2 aromatic carbocycles. The van der Waals surface area contributed by atoms with Crippen molar-refractivity contribution in [1.82, 2.24) is 20.2 Å². The molecule has 0 aliphatic rings. The average Bonchev–Trinajstić information content (AvgIpc) is 3.26. The number of imidazole rings is 1. The summed E-state index contributed by atoms with van der Waals surface area (Å²) in [5.74, 6) is 0.716. The first-order valence-corrected chi connectivity index (χ1v) is 8.98. The molecule has 1 atom stereocenters. The summed E-state index contributed by atoms with van der Waals surface area (Å²) in [5.41, 5.74) is 3.32. The topological polar surface area (TPSA) is 74.5 Å². The molecule has 6 nitrogen and oxygen atoms in total. The van der Waals surface area contributed by atoms with Gasteiger partial charge in [-0.05, 0) is 17.2 Å². The third kappa shape index (κ3) is 4.95. The highest BCUT2D eigenvalue weighted by atomic mass is 16.3. The van der Waals surface area contributed by atoms with Crippen LogP contribution >= 0.6 is 0 Å². The molecule has 3 N–H and O–H groups in total. The molecule has 0 bridgehead atoms. The van der Waals surface area contributed by atoms with Crippen molar-refractivity contribution in [3.63, 3.8) is 0 Å². The van der Waals surface area contributed by atoms with Gasteiger partial charge in [0.1, 0.15) is 0 Å². The van der Waals surface area contributed by atoms with Crippen molar-refractivity contribution in [2.45, 2.75) is 12.5 Å². The smallest absolute Gasteiger partial charge is 0.191 e. The fourth-order valence-corrected chi connectivity index (χ4v) is 2.95. The van der Waals surface area contributed by atoms with E-state index in [9.17, 15) is 5.11 Å². The lowest BCUT2D eigenvalue weighted by molar-refractivity contribution is 0.265. The number of aliphatic imine (C=N–C) groups is 1. The van der Waals surface area contributed by atoms with E-state index >= 15 is 0 Å². The Hall–Kier alpha value is -3.12. The number of benzene rings is 2. The molecule has 27 heavy (non-hydrogen) atoms. The number of hydrogen-bond donors (Lipinski definition) is 3. The van der Waals surface area contributed by atoms with Crippen molar-refractivity contribution in [1.29, 1.82) is 0 Å². The maximum Gasteiger partial charge on any atom is 0.191 e. The molecule has 0 aliphatic heterocycles. The monoisotopic (exact) mass is 363 g/mol. The molecule has 1 unspecified atom stereocenters. The Labute approximate surface area is 159 Å². The number of guanidine groups is 1. The van der Waals surface area contributed by atoms with Crippen LogP contribution in [0.5, 0.6) is 0 Å². The van der Waals surface area contributed by atoms with Gasteiger partial charge >= 0.3 is 0 Å². The second-order valence-electron chi connectivity index (χ2n) is 6.20. The van der Waals surface area contributed by atoms with E-state index < -0.39 is 0 Å². The van der Waals surface area contributed by atoms with Gasteiger partial charge in [0.05, 0.1) is 18.6 Å². The van der Waals surface area contributed by atoms with Gasteiger partial charge in [0, 0.05) is 38.4 Å². The van der Waals surface area contributed by atoms with Crippen molar-refractivity contribution < 1.29 is 5.11 Å². The predicted molar refractivity (Wildman–Crippen MR) is 108 cm³/mol. The highest BCUT2D eigenvalue weighted by Crippen LogP contribution is 2.15. The molecule has 0 spiro atoms. The molecule has 0 amide bonds. The summed E-state index contributed by atoms with van der Waals surface area (Å²) >= 11 is 0. The summed E-state index contributed by atoms with van der Waals surface area (Å²) in [6, 6.07) is 18.2. The standard InChI is InChI=1S/C21H25N5O/c1-22-21(25-14-19(15-27)17-7-3-2-4-8-17)24-13-18-9-5-6-10-20(18)26-12-11-23-16-26/h2-12,16,19,27H,13-15H2,1H3,(H2,22,24,25). The minimum absolute atomic E-state index is 0.0167. The van der Waals surface area contributed by atoms with Gasteiger partial charge in [-0.2, -0.15) is 0 Å². The van der Waals surface area contributed by atoms with E-state index in [2.05, 4.69) is 32.7 Å². The van der Waals surface area contributed by atoms with Gasteiger partial charge in [-0.3, -0.25) is 4.99 Å². The third-order valence-corrected chi connectivity index (χ3v) is 4.45. The molecule has 0 saturated carbocycles. The molecule has 0 saturated heterocycles. The molecule has 0 aliphatic carbocycles. The molecule has 140 valence electrons. The van der Waals surface area contributed by atoms with Crippen LogP contribution in [-0.2, 0) is 6.54 Å². The zero-order valence-electron chi connectivity index (χ0n) is 15.4. The molecule has 1 heterocycles. The van der Waals surface area contributed by atoms with Crippen molar-refractivity contribution in [3.05, 3.63) is 84.4 Å². The minimum Gasteiger partial charge on any atom is -0.396 e. The number of aliphatic hydroxyl groups is 1. The Morgan fingerprint density at radius 3 is 2.59 bits per heavy atom. The number of aromatic nitrogens is 2. The number of nitrogens with one attached hydrogen (secondary N) is 2. The number of rotatable bonds is 7. The first-order valence-electron chi connectivity index (χ1n) is 8.98. The number of hydrogen-bond acceptors (Lipinski definition) is 3. The highest BCUT2D eigenvalue weighted by Gasteiger charge is 2.11. The Kier molecular flexibility index (Phi) is 6.60. The molecule has 1 aromatic heterocycles. The minimum atomic E-state index is 0.0167. The number of nitrogens with zero attached hydrogens (tertiary/aromatic N) is 3. The summed E-state index contributed by atoms with van der Waals surface area (Å²) < 4.78 is 1.99. The predicted octanol–water partition coefficient (Wildman–Crippen LogP) is 2.31. The summed E-state index contributed by atoms with van der Waals surface area (Å²) in [7, 11) is 1.74. The lowest BCUT2D eigenvalue weighted by atomic mass is 10.0. The van der Waals surface area contributed by atoms with Crippen molar-refractivity contribution >= 4 is 5.96 Å². The highest BCUT2D eigenvalue weighted by molar-refractivity contribution is 5.79. The fourth-order valence-electron chi connectivity index (χ4n) is 2.95. The van der Waals surface area contributed by atoms with E-state index in [-0.39, 0.29) is 12.5 Å². The van der Waals surface area contributed by atoms with Crippen molar-refractivity contribution in [2.75, 3.05) is 20.2 Å². The Bertz CT molecular complexity index is 846. The van der Waals surface area contributed by atoms with Gasteiger partial charge in [0.2, 0.25) is 0 Å². The molecule has 0 radical (unpaired) electrons. The maximum atomic E-state index is 9.71. The lowest BCUT2D eigenvalue weighted by Crippen LogP contribution is -2.39. The molecule has 3 rings (SSSR count). The van der Waals surface area contributed by atoms with Gasteiger partial charge in [0.15, 0.2) is 5.96 Å². The average molecular weight is 363 g/mol. The van der Waals surface area contributed by atoms with Gasteiger partial charge < -0.3 is 20.3 Å². The zero-order chi connectivity index (χ0) is 18.9. The third-order valence-electron chi connectivity index (χ3n) is 4.45. The fraction of sp³-hybridized carbons (Fsp3) is 0.238. The van der Waals surface area contributed by atoms with Crippen LogP contribution in [-0.4, -0.2) is 40.8 Å².